The number of nitrogens with zero attached hydrogens (tertiary/aromatic N) is 1. The van der Waals surface area contributed by atoms with Gasteiger partial charge in [-0.15, -0.1) is 13.2 Å². The summed E-state index contributed by atoms with van der Waals surface area (Å²) < 4.78 is 0. The van der Waals surface area contributed by atoms with Crippen LogP contribution < -0.4 is 0 Å². The summed E-state index contributed by atoms with van der Waals surface area (Å²) in [5.41, 5.74) is 0. The zero-order chi connectivity index (χ0) is 11.0. The van der Waals surface area contributed by atoms with Crippen molar-refractivity contribution in [2.24, 2.45) is 0 Å². The average Bonchev–Trinajstić information content (AvgIpc) is 2.17. The Balaban J connectivity index is 3.99. The average molecular weight is 201 g/mol. The third-order valence-electron chi connectivity index (χ3n) is 1.85. The van der Waals surface area contributed by atoms with Gasteiger partial charge in [0, 0.05) is 19.6 Å². The molecule has 0 saturated carbocycles. The first-order chi connectivity index (χ1) is 6.63. The molecule has 3 N–H and O–H groups in total. The minimum atomic E-state index is -0.640. The van der Waals surface area contributed by atoms with Gasteiger partial charge in [-0.25, -0.2) is 0 Å². The Morgan fingerprint density at radius 2 is 1.50 bits per heavy atom. The molecule has 0 radical (unpaired) electrons. The van der Waals surface area contributed by atoms with Crippen molar-refractivity contribution < 1.29 is 15.3 Å². The van der Waals surface area contributed by atoms with Crippen LogP contribution in [-0.2, 0) is 0 Å². The van der Waals surface area contributed by atoms with Crippen molar-refractivity contribution in [1.82, 2.24) is 4.90 Å². The van der Waals surface area contributed by atoms with Crippen LogP contribution in [0.25, 0.3) is 0 Å². The predicted octanol–water partition coefficient (Wildman–Crippen LogP) is -0.626. The molecule has 0 aliphatic rings. The van der Waals surface area contributed by atoms with Crippen LogP contribution in [0, 0.1) is 0 Å². The standard InChI is InChI=1S/C10H19NO3/c1-3-9(13)7-11(5-6-12)8-10(14)4-2/h3-4,9-10,12-14H,1-2,5-8H2. The summed E-state index contributed by atoms with van der Waals surface area (Å²) in [7, 11) is 0. The maximum Gasteiger partial charge on any atom is 0.0845 e. The van der Waals surface area contributed by atoms with Crippen LogP contribution in [0.4, 0.5) is 0 Å². The third kappa shape index (κ3) is 5.88. The van der Waals surface area contributed by atoms with Crippen LogP contribution in [0.2, 0.25) is 0 Å². The molecule has 82 valence electrons. The van der Waals surface area contributed by atoms with Gasteiger partial charge in [-0.3, -0.25) is 4.90 Å². The molecule has 2 atom stereocenters. The van der Waals surface area contributed by atoms with E-state index in [1.807, 2.05) is 0 Å². The summed E-state index contributed by atoms with van der Waals surface area (Å²) in [6, 6.07) is 0. The zero-order valence-electron chi connectivity index (χ0n) is 8.34. The fraction of sp³-hybridized carbons (Fsp3) is 0.600. The van der Waals surface area contributed by atoms with E-state index >= 15 is 0 Å². The highest BCUT2D eigenvalue weighted by Gasteiger charge is 2.11. The second-order valence-electron chi connectivity index (χ2n) is 3.09. The van der Waals surface area contributed by atoms with Crippen LogP contribution in [0.15, 0.2) is 25.3 Å². The van der Waals surface area contributed by atoms with Crippen LogP contribution >= 0.6 is 0 Å². The number of rotatable bonds is 8. The summed E-state index contributed by atoms with van der Waals surface area (Å²) in [4.78, 5) is 1.75. The van der Waals surface area contributed by atoms with E-state index in [9.17, 15) is 10.2 Å². The molecule has 0 bridgehead atoms. The molecule has 0 saturated heterocycles. The molecule has 0 heterocycles. The molecule has 4 heteroatoms. The lowest BCUT2D eigenvalue weighted by Gasteiger charge is -2.24. The Labute approximate surface area is 84.8 Å². The van der Waals surface area contributed by atoms with E-state index in [4.69, 9.17) is 5.11 Å². The summed E-state index contributed by atoms with van der Waals surface area (Å²) in [6.45, 7) is 8.02. The largest absolute Gasteiger partial charge is 0.395 e. The van der Waals surface area contributed by atoms with Crippen molar-refractivity contribution in [2.75, 3.05) is 26.2 Å². The molecule has 0 aromatic heterocycles. The van der Waals surface area contributed by atoms with E-state index in [0.717, 1.165) is 0 Å². The Bertz CT molecular complexity index is 157. The Morgan fingerprint density at radius 1 is 1.07 bits per heavy atom. The molecular formula is C10H19NO3. The number of hydrogen-bond donors (Lipinski definition) is 3. The van der Waals surface area contributed by atoms with Gasteiger partial charge < -0.3 is 15.3 Å². The molecule has 0 amide bonds. The second kappa shape index (κ2) is 7.70. The molecule has 4 nitrogen and oxygen atoms in total. The van der Waals surface area contributed by atoms with Gasteiger partial charge in [-0.05, 0) is 0 Å². The van der Waals surface area contributed by atoms with E-state index in [1.165, 1.54) is 12.2 Å². The Hall–Kier alpha value is -0.680. The zero-order valence-corrected chi connectivity index (χ0v) is 8.34. The number of aliphatic hydroxyl groups excluding tert-OH is 3. The molecule has 14 heavy (non-hydrogen) atoms. The summed E-state index contributed by atoms with van der Waals surface area (Å²) in [5.74, 6) is 0. The first-order valence-corrected chi connectivity index (χ1v) is 4.58. The van der Waals surface area contributed by atoms with E-state index in [1.54, 1.807) is 4.90 Å². The predicted molar refractivity (Wildman–Crippen MR) is 55.9 cm³/mol. The van der Waals surface area contributed by atoms with E-state index in [0.29, 0.717) is 19.6 Å². The second-order valence-corrected chi connectivity index (χ2v) is 3.09. The van der Waals surface area contributed by atoms with Gasteiger partial charge in [0.1, 0.15) is 0 Å². The highest BCUT2D eigenvalue weighted by Crippen LogP contribution is 1.97. The van der Waals surface area contributed by atoms with Crippen molar-refractivity contribution in [3.05, 3.63) is 25.3 Å². The molecule has 0 aromatic carbocycles. The van der Waals surface area contributed by atoms with Gasteiger partial charge >= 0.3 is 0 Å². The molecule has 0 aliphatic heterocycles. The van der Waals surface area contributed by atoms with E-state index in [-0.39, 0.29) is 6.61 Å². The van der Waals surface area contributed by atoms with Crippen molar-refractivity contribution in [3.8, 4) is 0 Å². The van der Waals surface area contributed by atoms with Crippen LogP contribution in [0.1, 0.15) is 0 Å². The topological polar surface area (TPSA) is 63.9 Å². The lowest BCUT2D eigenvalue weighted by Crippen LogP contribution is -2.38. The molecule has 2 unspecified atom stereocenters. The quantitative estimate of drug-likeness (QED) is 0.458. The van der Waals surface area contributed by atoms with Crippen LogP contribution in [-0.4, -0.2) is 58.7 Å². The summed E-state index contributed by atoms with van der Waals surface area (Å²) in [5, 5.41) is 27.3. The van der Waals surface area contributed by atoms with E-state index in [2.05, 4.69) is 13.2 Å². The van der Waals surface area contributed by atoms with Crippen molar-refractivity contribution in [2.45, 2.75) is 12.2 Å². The van der Waals surface area contributed by atoms with Gasteiger partial charge in [0.2, 0.25) is 0 Å². The molecule has 0 aromatic rings. The highest BCUT2D eigenvalue weighted by molar-refractivity contribution is 4.85. The Kier molecular flexibility index (Phi) is 7.32. The maximum absolute atomic E-state index is 9.29. The van der Waals surface area contributed by atoms with Crippen molar-refractivity contribution in [3.63, 3.8) is 0 Å². The highest BCUT2D eigenvalue weighted by atomic mass is 16.3. The van der Waals surface area contributed by atoms with Crippen molar-refractivity contribution in [1.29, 1.82) is 0 Å². The smallest absolute Gasteiger partial charge is 0.0845 e. The normalized spacial score (nSPS) is 15.1. The molecule has 0 spiro atoms. The van der Waals surface area contributed by atoms with Gasteiger partial charge in [0.05, 0.1) is 18.8 Å². The van der Waals surface area contributed by atoms with Gasteiger partial charge in [-0.1, -0.05) is 12.2 Å². The minimum absolute atomic E-state index is 0.00622. The third-order valence-corrected chi connectivity index (χ3v) is 1.85. The van der Waals surface area contributed by atoms with Crippen LogP contribution in [0.5, 0.6) is 0 Å². The lowest BCUT2D eigenvalue weighted by atomic mass is 10.2. The summed E-state index contributed by atoms with van der Waals surface area (Å²) in [6.07, 6.45) is 1.56. The molecule has 0 aliphatic carbocycles. The number of hydrogen-bond acceptors (Lipinski definition) is 4. The van der Waals surface area contributed by atoms with E-state index < -0.39 is 12.2 Å². The SMILES string of the molecule is C=CC(O)CN(CCO)CC(O)C=C. The van der Waals surface area contributed by atoms with Gasteiger partial charge in [0.25, 0.3) is 0 Å². The summed E-state index contributed by atoms with van der Waals surface area (Å²) >= 11 is 0. The molecular weight excluding hydrogens is 182 g/mol. The fourth-order valence-corrected chi connectivity index (χ4v) is 1.08. The fourth-order valence-electron chi connectivity index (χ4n) is 1.08. The first kappa shape index (κ1) is 13.3. The number of aliphatic hydroxyl groups is 3. The monoisotopic (exact) mass is 201 g/mol. The lowest BCUT2D eigenvalue weighted by molar-refractivity contribution is 0.0909. The molecule has 0 rings (SSSR count). The van der Waals surface area contributed by atoms with Crippen LogP contribution in [0.3, 0.4) is 0 Å². The van der Waals surface area contributed by atoms with Crippen molar-refractivity contribution >= 4 is 0 Å². The minimum Gasteiger partial charge on any atom is -0.395 e. The van der Waals surface area contributed by atoms with Gasteiger partial charge in [0.15, 0.2) is 0 Å². The Morgan fingerprint density at radius 3 is 1.79 bits per heavy atom. The molecule has 0 fully saturated rings. The van der Waals surface area contributed by atoms with Gasteiger partial charge in [-0.2, -0.15) is 0 Å². The first-order valence-electron chi connectivity index (χ1n) is 4.58. The maximum atomic E-state index is 9.29.